The predicted octanol–water partition coefficient (Wildman–Crippen LogP) is 5.12. The van der Waals surface area contributed by atoms with Gasteiger partial charge in [-0.2, -0.15) is 0 Å². The highest BCUT2D eigenvalue weighted by molar-refractivity contribution is 5.41. The van der Waals surface area contributed by atoms with Crippen LogP contribution in [0.3, 0.4) is 0 Å². The fourth-order valence-corrected chi connectivity index (χ4v) is 2.23. The van der Waals surface area contributed by atoms with Crippen LogP contribution >= 0.6 is 0 Å². The highest BCUT2D eigenvalue weighted by Gasteiger charge is 2.17. The average molecular weight is 255 g/mol. The van der Waals surface area contributed by atoms with Crippen LogP contribution in [0, 0.1) is 0 Å². The highest BCUT2D eigenvalue weighted by atomic mass is 16.5. The Morgan fingerprint density at radius 3 is 2.16 bits per heavy atom. The van der Waals surface area contributed by atoms with E-state index in [1.165, 1.54) is 11.1 Å². The minimum atomic E-state index is 0.393. The first kappa shape index (κ1) is 13.6. The van der Waals surface area contributed by atoms with E-state index in [9.17, 15) is 0 Å². The van der Waals surface area contributed by atoms with E-state index >= 15 is 0 Å². The number of aromatic nitrogens is 1. The van der Waals surface area contributed by atoms with Crippen molar-refractivity contribution in [3.8, 4) is 11.6 Å². The Balaban J connectivity index is 2.42. The molecule has 0 aliphatic carbocycles. The monoisotopic (exact) mass is 255 g/mol. The van der Waals surface area contributed by atoms with Gasteiger partial charge in [0, 0.05) is 11.8 Å². The Labute approximate surface area is 115 Å². The summed E-state index contributed by atoms with van der Waals surface area (Å²) in [6.45, 7) is 8.77. The fourth-order valence-electron chi connectivity index (χ4n) is 2.23. The molecule has 2 aromatic rings. The number of hydrogen-bond acceptors (Lipinski definition) is 2. The summed E-state index contributed by atoms with van der Waals surface area (Å²) < 4.78 is 5.95. The third-order valence-electron chi connectivity index (χ3n) is 3.14. The van der Waals surface area contributed by atoms with Gasteiger partial charge in [-0.1, -0.05) is 45.9 Å². The summed E-state index contributed by atoms with van der Waals surface area (Å²) in [6, 6.07) is 11.9. The zero-order valence-electron chi connectivity index (χ0n) is 12.1. The standard InChI is InChI=1S/C17H21NO/c1-12(2)15-10-11-18-17(16(15)13(3)4)19-14-8-6-5-7-9-14/h5-13H,1-4H3. The maximum Gasteiger partial charge on any atom is 0.222 e. The molecule has 0 bridgehead atoms. The normalized spacial score (nSPS) is 11.1. The van der Waals surface area contributed by atoms with Gasteiger partial charge in [0.25, 0.3) is 0 Å². The Kier molecular flexibility index (Phi) is 4.20. The third-order valence-corrected chi connectivity index (χ3v) is 3.14. The molecular formula is C17H21NO. The molecule has 1 aromatic carbocycles. The van der Waals surface area contributed by atoms with Gasteiger partial charge in [0.1, 0.15) is 5.75 Å². The van der Waals surface area contributed by atoms with E-state index in [1.807, 2.05) is 36.5 Å². The predicted molar refractivity (Wildman–Crippen MR) is 78.9 cm³/mol. The van der Waals surface area contributed by atoms with E-state index in [0.29, 0.717) is 11.8 Å². The Morgan fingerprint density at radius 2 is 1.58 bits per heavy atom. The van der Waals surface area contributed by atoms with Gasteiger partial charge in [-0.3, -0.25) is 0 Å². The van der Waals surface area contributed by atoms with Gasteiger partial charge >= 0.3 is 0 Å². The van der Waals surface area contributed by atoms with E-state index < -0.39 is 0 Å². The molecule has 0 saturated carbocycles. The van der Waals surface area contributed by atoms with Crippen LogP contribution in [-0.2, 0) is 0 Å². The van der Waals surface area contributed by atoms with Crippen molar-refractivity contribution in [3.05, 3.63) is 53.7 Å². The maximum atomic E-state index is 5.95. The summed E-state index contributed by atoms with van der Waals surface area (Å²) in [4.78, 5) is 4.42. The zero-order valence-corrected chi connectivity index (χ0v) is 12.1. The first-order valence-corrected chi connectivity index (χ1v) is 6.81. The van der Waals surface area contributed by atoms with Crippen LogP contribution in [0.4, 0.5) is 0 Å². The molecule has 2 rings (SSSR count). The Morgan fingerprint density at radius 1 is 0.895 bits per heavy atom. The molecule has 0 fully saturated rings. The molecule has 100 valence electrons. The SMILES string of the molecule is CC(C)c1ccnc(Oc2ccccc2)c1C(C)C. The van der Waals surface area contributed by atoms with Crippen LogP contribution in [0.25, 0.3) is 0 Å². The highest BCUT2D eigenvalue weighted by Crippen LogP contribution is 2.34. The summed E-state index contributed by atoms with van der Waals surface area (Å²) in [5.41, 5.74) is 2.53. The number of para-hydroxylation sites is 1. The molecule has 0 unspecified atom stereocenters. The number of hydrogen-bond donors (Lipinski definition) is 0. The molecule has 2 nitrogen and oxygen atoms in total. The lowest BCUT2D eigenvalue weighted by molar-refractivity contribution is 0.451. The molecule has 0 amide bonds. The van der Waals surface area contributed by atoms with Gasteiger partial charge in [0.15, 0.2) is 0 Å². The van der Waals surface area contributed by atoms with E-state index in [1.54, 1.807) is 0 Å². The van der Waals surface area contributed by atoms with Crippen molar-refractivity contribution in [3.63, 3.8) is 0 Å². The molecule has 0 N–H and O–H groups in total. The lowest BCUT2D eigenvalue weighted by Crippen LogP contribution is -2.03. The van der Waals surface area contributed by atoms with Crippen LogP contribution < -0.4 is 4.74 Å². The minimum absolute atomic E-state index is 0.393. The zero-order chi connectivity index (χ0) is 13.8. The molecule has 0 aliphatic rings. The van der Waals surface area contributed by atoms with Crippen LogP contribution in [0.5, 0.6) is 11.6 Å². The molecule has 19 heavy (non-hydrogen) atoms. The van der Waals surface area contributed by atoms with Crippen LogP contribution in [0.1, 0.15) is 50.7 Å². The van der Waals surface area contributed by atoms with Gasteiger partial charge in [0.2, 0.25) is 5.88 Å². The molecule has 0 spiro atoms. The fraction of sp³-hybridized carbons (Fsp3) is 0.353. The number of benzene rings is 1. The summed E-state index contributed by atoms with van der Waals surface area (Å²) >= 11 is 0. The van der Waals surface area contributed by atoms with Crippen molar-refractivity contribution in [2.75, 3.05) is 0 Å². The van der Waals surface area contributed by atoms with Crippen LogP contribution in [0.2, 0.25) is 0 Å². The van der Waals surface area contributed by atoms with Gasteiger partial charge in [-0.15, -0.1) is 0 Å². The van der Waals surface area contributed by atoms with Crippen molar-refractivity contribution in [2.24, 2.45) is 0 Å². The summed E-state index contributed by atoms with van der Waals surface area (Å²) in [5.74, 6) is 2.42. The summed E-state index contributed by atoms with van der Waals surface area (Å²) in [5, 5.41) is 0. The van der Waals surface area contributed by atoms with Crippen LogP contribution in [0.15, 0.2) is 42.6 Å². The van der Waals surface area contributed by atoms with Crippen molar-refractivity contribution >= 4 is 0 Å². The third kappa shape index (κ3) is 3.14. The maximum absolute atomic E-state index is 5.95. The molecule has 0 radical (unpaired) electrons. The lowest BCUT2D eigenvalue weighted by atomic mass is 9.92. The van der Waals surface area contributed by atoms with Gasteiger partial charge < -0.3 is 4.74 Å². The first-order chi connectivity index (χ1) is 9.09. The number of ether oxygens (including phenoxy) is 1. The van der Waals surface area contributed by atoms with E-state index in [4.69, 9.17) is 4.74 Å². The number of pyridine rings is 1. The topological polar surface area (TPSA) is 22.1 Å². The molecule has 1 aromatic heterocycles. The van der Waals surface area contributed by atoms with E-state index in [2.05, 4.69) is 38.7 Å². The second-order valence-corrected chi connectivity index (χ2v) is 5.34. The Bertz CT molecular complexity index is 532. The van der Waals surface area contributed by atoms with Gasteiger partial charge in [-0.25, -0.2) is 4.98 Å². The van der Waals surface area contributed by atoms with E-state index in [0.717, 1.165) is 11.6 Å². The largest absolute Gasteiger partial charge is 0.439 e. The second-order valence-electron chi connectivity index (χ2n) is 5.34. The van der Waals surface area contributed by atoms with Crippen molar-refractivity contribution in [1.29, 1.82) is 0 Å². The van der Waals surface area contributed by atoms with Gasteiger partial charge in [0.05, 0.1) is 0 Å². The van der Waals surface area contributed by atoms with E-state index in [-0.39, 0.29) is 0 Å². The van der Waals surface area contributed by atoms with Crippen molar-refractivity contribution in [2.45, 2.75) is 39.5 Å². The molecule has 0 atom stereocenters. The van der Waals surface area contributed by atoms with Crippen LogP contribution in [-0.4, -0.2) is 4.98 Å². The minimum Gasteiger partial charge on any atom is -0.439 e. The average Bonchev–Trinajstić information content (AvgIpc) is 2.39. The smallest absolute Gasteiger partial charge is 0.222 e. The molecular weight excluding hydrogens is 234 g/mol. The van der Waals surface area contributed by atoms with Crippen molar-refractivity contribution < 1.29 is 4.74 Å². The molecule has 0 aliphatic heterocycles. The molecule has 1 heterocycles. The number of nitrogens with zero attached hydrogens (tertiary/aromatic N) is 1. The summed E-state index contributed by atoms with van der Waals surface area (Å²) in [7, 11) is 0. The molecule has 2 heteroatoms. The second kappa shape index (κ2) is 5.87. The Hall–Kier alpha value is -1.83. The van der Waals surface area contributed by atoms with Crippen molar-refractivity contribution in [1.82, 2.24) is 4.98 Å². The molecule has 0 saturated heterocycles. The quantitative estimate of drug-likeness (QED) is 0.756. The van der Waals surface area contributed by atoms with Gasteiger partial charge in [-0.05, 0) is 35.6 Å². The number of rotatable bonds is 4. The first-order valence-electron chi connectivity index (χ1n) is 6.81. The summed E-state index contributed by atoms with van der Waals surface area (Å²) in [6.07, 6.45) is 1.83. The lowest BCUT2D eigenvalue weighted by Gasteiger charge is -2.19.